The molecule has 1 fully saturated rings. The van der Waals surface area contributed by atoms with Gasteiger partial charge in [0.25, 0.3) is 0 Å². The van der Waals surface area contributed by atoms with Crippen molar-refractivity contribution in [2.75, 3.05) is 18.6 Å². The Morgan fingerprint density at radius 2 is 2.12 bits per heavy atom. The van der Waals surface area contributed by atoms with Crippen molar-refractivity contribution < 1.29 is 14.7 Å². The Hall–Kier alpha value is -0.710. The zero-order valence-corrected chi connectivity index (χ0v) is 11.5. The number of likely N-dealkylation sites (tertiary alicyclic amines) is 1. The van der Waals surface area contributed by atoms with Gasteiger partial charge in [0.1, 0.15) is 6.04 Å². The molecule has 1 amide bonds. The maximum atomic E-state index is 12.0. The fourth-order valence-corrected chi connectivity index (χ4v) is 2.84. The van der Waals surface area contributed by atoms with Crippen molar-refractivity contribution in [2.45, 2.75) is 39.2 Å². The molecule has 1 rings (SSSR count). The first-order valence-corrected chi connectivity index (χ1v) is 7.31. The minimum atomic E-state index is -0.882. The van der Waals surface area contributed by atoms with Crippen LogP contribution in [0.5, 0.6) is 0 Å². The number of thioether (sulfide) groups is 1. The molecule has 0 aromatic carbocycles. The quantitative estimate of drug-likeness (QED) is 0.837. The smallest absolute Gasteiger partial charge is 0.326 e. The Labute approximate surface area is 107 Å². The lowest BCUT2D eigenvalue weighted by molar-refractivity contribution is -0.158. The molecule has 1 aliphatic rings. The van der Waals surface area contributed by atoms with E-state index in [1.54, 1.807) is 16.7 Å². The molecule has 1 unspecified atom stereocenters. The molecule has 98 valence electrons. The van der Waals surface area contributed by atoms with E-state index in [1.807, 2.05) is 20.1 Å². The molecule has 1 saturated heterocycles. The Kier molecular flexibility index (Phi) is 4.86. The summed E-state index contributed by atoms with van der Waals surface area (Å²) in [6, 6.07) is -0.675. The van der Waals surface area contributed by atoms with E-state index in [9.17, 15) is 14.7 Å². The highest BCUT2D eigenvalue weighted by Crippen LogP contribution is 2.35. The molecule has 17 heavy (non-hydrogen) atoms. The first-order chi connectivity index (χ1) is 7.90. The predicted octanol–water partition coefficient (Wildman–Crippen LogP) is 1.84. The van der Waals surface area contributed by atoms with E-state index in [4.69, 9.17) is 0 Å². The molecule has 0 radical (unpaired) electrons. The van der Waals surface area contributed by atoms with Crippen LogP contribution in [0.4, 0.5) is 0 Å². The standard InChI is InChI=1S/C12H21NO3S/c1-12(2)6-4-7-13(10(12)11(15)16)9(14)5-8-17-3/h10H,4-8H2,1-3H3,(H,15,16). The number of carbonyl (C=O) groups is 2. The third kappa shape index (κ3) is 3.37. The van der Waals surface area contributed by atoms with Gasteiger partial charge in [-0.2, -0.15) is 11.8 Å². The van der Waals surface area contributed by atoms with Crippen LogP contribution < -0.4 is 0 Å². The van der Waals surface area contributed by atoms with Crippen molar-refractivity contribution in [3.63, 3.8) is 0 Å². The van der Waals surface area contributed by atoms with E-state index in [1.165, 1.54) is 0 Å². The van der Waals surface area contributed by atoms with Crippen molar-refractivity contribution in [2.24, 2.45) is 5.41 Å². The number of piperidine rings is 1. The number of nitrogens with zero attached hydrogens (tertiary/aromatic N) is 1. The van der Waals surface area contributed by atoms with Crippen LogP contribution in [-0.4, -0.2) is 46.5 Å². The zero-order chi connectivity index (χ0) is 13.1. The largest absolute Gasteiger partial charge is 0.480 e. The van der Waals surface area contributed by atoms with E-state index in [-0.39, 0.29) is 11.3 Å². The normalized spacial score (nSPS) is 23.5. The molecule has 0 aliphatic carbocycles. The lowest BCUT2D eigenvalue weighted by atomic mass is 9.76. The summed E-state index contributed by atoms with van der Waals surface area (Å²) in [5, 5.41) is 9.32. The second kappa shape index (κ2) is 5.76. The Balaban J connectivity index is 2.81. The molecule has 0 spiro atoms. The molecule has 1 aliphatic heterocycles. The molecule has 0 aromatic rings. The number of carboxylic acid groups (broad SMARTS) is 1. The van der Waals surface area contributed by atoms with Crippen LogP contribution in [-0.2, 0) is 9.59 Å². The predicted molar refractivity (Wildman–Crippen MR) is 69.2 cm³/mol. The topological polar surface area (TPSA) is 57.6 Å². The van der Waals surface area contributed by atoms with Crippen molar-refractivity contribution in [1.82, 2.24) is 4.90 Å². The van der Waals surface area contributed by atoms with Crippen molar-refractivity contribution in [3.05, 3.63) is 0 Å². The van der Waals surface area contributed by atoms with Gasteiger partial charge in [-0.05, 0) is 24.5 Å². The maximum Gasteiger partial charge on any atom is 0.326 e. The van der Waals surface area contributed by atoms with E-state index in [0.717, 1.165) is 18.6 Å². The second-order valence-corrected chi connectivity index (χ2v) is 6.15. The van der Waals surface area contributed by atoms with E-state index in [2.05, 4.69) is 0 Å². The Morgan fingerprint density at radius 3 is 2.65 bits per heavy atom. The van der Waals surface area contributed by atoms with Gasteiger partial charge < -0.3 is 10.0 Å². The van der Waals surface area contributed by atoms with Gasteiger partial charge in [0, 0.05) is 18.7 Å². The minimum Gasteiger partial charge on any atom is -0.480 e. The number of hydrogen-bond acceptors (Lipinski definition) is 3. The molecular weight excluding hydrogens is 238 g/mol. The summed E-state index contributed by atoms with van der Waals surface area (Å²) in [4.78, 5) is 24.9. The molecule has 0 bridgehead atoms. The third-order valence-corrected chi connectivity index (χ3v) is 3.96. The maximum absolute atomic E-state index is 12.0. The first kappa shape index (κ1) is 14.4. The molecule has 5 heteroatoms. The van der Waals surface area contributed by atoms with Gasteiger partial charge in [-0.15, -0.1) is 0 Å². The third-order valence-electron chi connectivity index (χ3n) is 3.35. The number of rotatable bonds is 4. The van der Waals surface area contributed by atoms with E-state index in [0.29, 0.717) is 13.0 Å². The monoisotopic (exact) mass is 259 g/mol. The van der Waals surface area contributed by atoms with Crippen LogP contribution in [0.15, 0.2) is 0 Å². The molecule has 1 N–H and O–H groups in total. The number of carboxylic acids is 1. The van der Waals surface area contributed by atoms with Gasteiger partial charge in [-0.3, -0.25) is 4.79 Å². The molecule has 1 heterocycles. The minimum absolute atomic E-state index is 0.0282. The summed E-state index contributed by atoms with van der Waals surface area (Å²) in [5.74, 6) is -0.158. The van der Waals surface area contributed by atoms with Gasteiger partial charge in [0.15, 0.2) is 0 Å². The summed E-state index contributed by atoms with van der Waals surface area (Å²) < 4.78 is 0. The number of amides is 1. The second-order valence-electron chi connectivity index (χ2n) is 5.16. The van der Waals surface area contributed by atoms with Crippen LogP contribution >= 0.6 is 11.8 Å². The molecule has 0 saturated carbocycles. The summed E-state index contributed by atoms with van der Waals surface area (Å²) in [5.41, 5.74) is -0.334. The summed E-state index contributed by atoms with van der Waals surface area (Å²) in [6.07, 6.45) is 4.13. The van der Waals surface area contributed by atoms with Crippen LogP contribution in [0.1, 0.15) is 33.1 Å². The average molecular weight is 259 g/mol. The Morgan fingerprint density at radius 1 is 1.47 bits per heavy atom. The zero-order valence-electron chi connectivity index (χ0n) is 10.7. The van der Waals surface area contributed by atoms with E-state index < -0.39 is 12.0 Å². The summed E-state index contributed by atoms with van der Waals surface area (Å²) in [6.45, 7) is 4.44. The highest BCUT2D eigenvalue weighted by Gasteiger charge is 2.44. The lowest BCUT2D eigenvalue weighted by Crippen LogP contribution is -2.56. The van der Waals surface area contributed by atoms with Gasteiger partial charge in [-0.1, -0.05) is 13.8 Å². The van der Waals surface area contributed by atoms with Crippen LogP contribution in [0, 0.1) is 5.41 Å². The SMILES string of the molecule is CSCCC(=O)N1CCCC(C)(C)C1C(=O)O. The molecular formula is C12H21NO3S. The van der Waals surface area contributed by atoms with Crippen LogP contribution in [0.2, 0.25) is 0 Å². The number of carbonyl (C=O) groups excluding carboxylic acids is 1. The fraction of sp³-hybridized carbons (Fsp3) is 0.833. The molecule has 1 atom stereocenters. The van der Waals surface area contributed by atoms with Gasteiger partial charge >= 0.3 is 5.97 Å². The van der Waals surface area contributed by atoms with Crippen molar-refractivity contribution in [1.29, 1.82) is 0 Å². The molecule has 0 aromatic heterocycles. The lowest BCUT2D eigenvalue weighted by Gasteiger charge is -2.44. The average Bonchev–Trinajstić information content (AvgIpc) is 2.23. The Bertz CT molecular complexity index is 304. The number of hydrogen-bond donors (Lipinski definition) is 1. The van der Waals surface area contributed by atoms with Crippen LogP contribution in [0.25, 0.3) is 0 Å². The number of aliphatic carboxylic acids is 1. The van der Waals surface area contributed by atoms with Gasteiger partial charge in [-0.25, -0.2) is 4.79 Å². The van der Waals surface area contributed by atoms with Crippen LogP contribution in [0.3, 0.4) is 0 Å². The highest BCUT2D eigenvalue weighted by atomic mass is 32.2. The van der Waals surface area contributed by atoms with Crippen molar-refractivity contribution in [3.8, 4) is 0 Å². The van der Waals surface area contributed by atoms with Gasteiger partial charge in [0.05, 0.1) is 0 Å². The summed E-state index contributed by atoms with van der Waals surface area (Å²) >= 11 is 1.61. The highest BCUT2D eigenvalue weighted by molar-refractivity contribution is 7.98. The molecule has 4 nitrogen and oxygen atoms in total. The van der Waals surface area contributed by atoms with Gasteiger partial charge in [0.2, 0.25) is 5.91 Å². The van der Waals surface area contributed by atoms with E-state index >= 15 is 0 Å². The first-order valence-electron chi connectivity index (χ1n) is 5.91. The summed E-state index contributed by atoms with van der Waals surface area (Å²) in [7, 11) is 0. The van der Waals surface area contributed by atoms with Crippen molar-refractivity contribution >= 4 is 23.6 Å². The fourth-order valence-electron chi connectivity index (χ4n) is 2.46.